The van der Waals surface area contributed by atoms with E-state index in [0.717, 1.165) is 0 Å². The third kappa shape index (κ3) is 4.27. The molecule has 1 aliphatic heterocycles. The molecule has 2 aromatic heterocycles. The van der Waals surface area contributed by atoms with Crippen LogP contribution in [0.5, 0.6) is 0 Å². The topological polar surface area (TPSA) is 109 Å². The van der Waals surface area contributed by atoms with Gasteiger partial charge in [0.15, 0.2) is 0 Å². The average Bonchev–Trinajstić information content (AvgIpc) is 3.04. The standard InChI is InChI=1S/C18H18ClN5O3/c1-24-9-11(8-20)7-15(24)17(25)23-14-10-27-6-4-13(14)22-18(26)16-12(19)3-2-5-21-16/h2-3,5,7,9,13-14H,4,6,10H2,1H3,(H,22,26)(H,23,25)/t13-,14+/m0/s1. The van der Waals surface area contributed by atoms with Crippen LogP contribution in [0.25, 0.3) is 0 Å². The zero-order valence-corrected chi connectivity index (χ0v) is 15.4. The van der Waals surface area contributed by atoms with Crippen LogP contribution in [0.3, 0.4) is 0 Å². The molecule has 3 rings (SSSR count). The number of hydrogen-bond donors (Lipinski definition) is 2. The van der Waals surface area contributed by atoms with Gasteiger partial charge < -0.3 is 19.9 Å². The van der Waals surface area contributed by atoms with Gasteiger partial charge in [0.25, 0.3) is 11.8 Å². The first-order valence-electron chi connectivity index (χ1n) is 8.36. The summed E-state index contributed by atoms with van der Waals surface area (Å²) in [6, 6.07) is 6.01. The molecule has 1 saturated heterocycles. The summed E-state index contributed by atoms with van der Waals surface area (Å²) in [6.45, 7) is 0.734. The summed E-state index contributed by atoms with van der Waals surface area (Å²) in [5, 5.41) is 15.0. The molecule has 0 aromatic carbocycles. The normalized spacial score (nSPS) is 19.1. The van der Waals surface area contributed by atoms with Gasteiger partial charge >= 0.3 is 0 Å². The molecule has 9 heteroatoms. The van der Waals surface area contributed by atoms with Crippen molar-refractivity contribution in [2.24, 2.45) is 7.05 Å². The van der Waals surface area contributed by atoms with E-state index in [1.807, 2.05) is 6.07 Å². The van der Waals surface area contributed by atoms with Crippen LogP contribution in [0.15, 0.2) is 30.6 Å². The van der Waals surface area contributed by atoms with Crippen LogP contribution in [-0.2, 0) is 11.8 Å². The summed E-state index contributed by atoms with van der Waals surface area (Å²) >= 11 is 6.02. The second kappa shape index (κ2) is 8.20. The van der Waals surface area contributed by atoms with Gasteiger partial charge in [-0.15, -0.1) is 0 Å². The highest BCUT2D eigenvalue weighted by Crippen LogP contribution is 2.15. The van der Waals surface area contributed by atoms with E-state index in [-0.39, 0.29) is 29.3 Å². The number of pyridine rings is 1. The van der Waals surface area contributed by atoms with Gasteiger partial charge in [0.2, 0.25) is 0 Å². The van der Waals surface area contributed by atoms with Gasteiger partial charge in [0.1, 0.15) is 17.5 Å². The molecular weight excluding hydrogens is 370 g/mol. The van der Waals surface area contributed by atoms with Gasteiger partial charge in [0, 0.05) is 26.0 Å². The minimum Gasteiger partial charge on any atom is -0.379 e. The number of aryl methyl sites for hydroxylation is 1. The number of amides is 2. The van der Waals surface area contributed by atoms with Crippen molar-refractivity contribution in [2.75, 3.05) is 13.2 Å². The van der Waals surface area contributed by atoms with Gasteiger partial charge in [-0.25, -0.2) is 4.98 Å². The van der Waals surface area contributed by atoms with Gasteiger partial charge in [0.05, 0.1) is 29.3 Å². The van der Waals surface area contributed by atoms with Gasteiger partial charge in [-0.2, -0.15) is 5.26 Å². The third-order valence-electron chi connectivity index (χ3n) is 4.33. The Morgan fingerprint density at radius 1 is 1.37 bits per heavy atom. The van der Waals surface area contributed by atoms with E-state index in [4.69, 9.17) is 21.6 Å². The van der Waals surface area contributed by atoms with Crippen molar-refractivity contribution in [3.05, 3.63) is 52.6 Å². The van der Waals surface area contributed by atoms with Crippen molar-refractivity contribution < 1.29 is 14.3 Å². The van der Waals surface area contributed by atoms with Crippen LogP contribution < -0.4 is 10.6 Å². The molecule has 140 valence electrons. The number of carbonyl (C=O) groups is 2. The summed E-state index contributed by atoms with van der Waals surface area (Å²) in [5.74, 6) is -0.748. The lowest BCUT2D eigenvalue weighted by Gasteiger charge is -2.32. The number of aromatic nitrogens is 2. The minimum absolute atomic E-state index is 0.136. The third-order valence-corrected chi connectivity index (χ3v) is 4.63. The number of carbonyl (C=O) groups excluding carboxylic acids is 2. The Bertz CT molecular complexity index is 905. The van der Waals surface area contributed by atoms with E-state index in [1.54, 1.807) is 29.9 Å². The Morgan fingerprint density at radius 3 is 2.85 bits per heavy atom. The molecule has 0 spiro atoms. The SMILES string of the molecule is Cn1cc(C#N)cc1C(=O)N[C@@H]1COCC[C@@H]1NC(=O)c1ncccc1Cl. The number of nitriles is 1. The van der Waals surface area contributed by atoms with Crippen molar-refractivity contribution in [3.8, 4) is 6.07 Å². The van der Waals surface area contributed by atoms with Crippen molar-refractivity contribution in [1.82, 2.24) is 20.2 Å². The molecule has 0 bridgehead atoms. The molecule has 0 unspecified atom stereocenters. The number of ether oxygens (including phenoxy) is 1. The maximum Gasteiger partial charge on any atom is 0.271 e. The Labute approximate surface area is 161 Å². The summed E-state index contributed by atoms with van der Waals surface area (Å²) in [7, 11) is 1.69. The van der Waals surface area contributed by atoms with Gasteiger partial charge in [-0.05, 0) is 24.6 Å². The Kier molecular flexibility index (Phi) is 5.74. The molecule has 1 fully saturated rings. The van der Waals surface area contributed by atoms with Gasteiger partial charge in [-0.1, -0.05) is 11.6 Å². The number of nitrogens with zero attached hydrogens (tertiary/aromatic N) is 3. The van der Waals surface area contributed by atoms with E-state index in [9.17, 15) is 9.59 Å². The van der Waals surface area contributed by atoms with Crippen molar-refractivity contribution in [3.63, 3.8) is 0 Å². The number of hydrogen-bond acceptors (Lipinski definition) is 5. The van der Waals surface area contributed by atoms with Crippen LogP contribution in [0, 0.1) is 11.3 Å². The highest BCUT2D eigenvalue weighted by Gasteiger charge is 2.30. The fraction of sp³-hybridized carbons (Fsp3) is 0.333. The van der Waals surface area contributed by atoms with Crippen LogP contribution in [0.4, 0.5) is 0 Å². The average molecular weight is 388 g/mol. The Balaban J connectivity index is 1.71. The van der Waals surface area contributed by atoms with Crippen LogP contribution in [-0.4, -0.2) is 46.7 Å². The second-order valence-corrected chi connectivity index (χ2v) is 6.60. The fourth-order valence-electron chi connectivity index (χ4n) is 2.94. The molecule has 3 heterocycles. The zero-order chi connectivity index (χ0) is 19.4. The lowest BCUT2D eigenvalue weighted by Crippen LogP contribution is -2.56. The predicted molar refractivity (Wildman–Crippen MR) is 97.3 cm³/mol. The first kappa shape index (κ1) is 18.9. The molecule has 1 aliphatic rings. The van der Waals surface area contributed by atoms with Crippen molar-refractivity contribution in [1.29, 1.82) is 5.26 Å². The van der Waals surface area contributed by atoms with Crippen LogP contribution in [0.2, 0.25) is 5.02 Å². The number of halogens is 1. The van der Waals surface area contributed by atoms with E-state index in [1.165, 1.54) is 12.3 Å². The van der Waals surface area contributed by atoms with E-state index < -0.39 is 11.9 Å². The maximum absolute atomic E-state index is 12.6. The first-order chi connectivity index (χ1) is 13.0. The summed E-state index contributed by atoms with van der Waals surface area (Å²) in [4.78, 5) is 29.1. The molecule has 2 N–H and O–H groups in total. The predicted octanol–water partition coefficient (Wildman–Crippen LogP) is 1.26. The zero-order valence-electron chi connectivity index (χ0n) is 14.6. The number of nitrogens with one attached hydrogen (secondary N) is 2. The van der Waals surface area contributed by atoms with E-state index in [0.29, 0.717) is 24.3 Å². The molecule has 2 atom stereocenters. The lowest BCUT2D eigenvalue weighted by molar-refractivity contribution is 0.0433. The highest BCUT2D eigenvalue weighted by atomic mass is 35.5. The highest BCUT2D eigenvalue weighted by molar-refractivity contribution is 6.33. The minimum atomic E-state index is -0.418. The number of rotatable bonds is 4. The summed E-state index contributed by atoms with van der Waals surface area (Å²) in [5.41, 5.74) is 0.893. The summed E-state index contributed by atoms with van der Waals surface area (Å²) in [6.07, 6.45) is 3.61. The summed E-state index contributed by atoms with van der Waals surface area (Å²) < 4.78 is 7.03. The molecular formula is C18H18ClN5O3. The van der Waals surface area contributed by atoms with Gasteiger partial charge in [-0.3, -0.25) is 9.59 Å². The van der Waals surface area contributed by atoms with Crippen LogP contribution >= 0.6 is 11.6 Å². The van der Waals surface area contributed by atoms with Crippen LogP contribution in [0.1, 0.15) is 33.0 Å². The Morgan fingerprint density at radius 2 is 2.15 bits per heavy atom. The quantitative estimate of drug-likeness (QED) is 0.820. The molecule has 2 aromatic rings. The molecule has 27 heavy (non-hydrogen) atoms. The second-order valence-electron chi connectivity index (χ2n) is 6.19. The monoisotopic (exact) mass is 387 g/mol. The molecule has 0 aliphatic carbocycles. The molecule has 0 radical (unpaired) electrons. The smallest absolute Gasteiger partial charge is 0.271 e. The van der Waals surface area contributed by atoms with Crippen molar-refractivity contribution >= 4 is 23.4 Å². The van der Waals surface area contributed by atoms with E-state index >= 15 is 0 Å². The fourth-order valence-corrected chi connectivity index (χ4v) is 3.14. The molecule has 2 amide bonds. The lowest BCUT2D eigenvalue weighted by atomic mass is 10.0. The largest absolute Gasteiger partial charge is 0.379 e. The molecule has 8 nitrogen and oxygen atoms in total. The molecule has 0 saturated carbocycles. The Hall–Kier alpha value is -2.89. The maximum atomic E-state index is 12.6. The first-order valence-corrected chi connectivity index (χ1v) is 8.74. The van der Waals surface area contributed by atoms with E-state index in [2.05, 4.69) is 15.6 Å². The van der Waals surface area contributed by atoms with Crippen molar-refractivity contribution in [2.45, 2.75) is 18.5 Å².